The van der Waals surface area contributed by atoms with Crippen LogP contribution in [0.25, 0.3) is 0 Å². The summed E-state index contributed by atoms with van der Waals surface area (Å²) < 4.78 is 4.91. The van der Waals surface area contributed by atoms with Gasteiger partial charge in [-0.25, -0.2) is 4.98 Å². The number of hydrogen-bond donors (Lipinski definition) is 1. The fourth-order valence-corrected chi connectivity index (χ4v) is 2.41. The van der Waals surface area contributed by atoms with Crippen molar-refractivity contribution < 1.29 is 9.66 Å². The summed E-state index contributed by atoms with van der Waals surface area (Å²) in [5.74, 6) is 0.682. The third-order valence-corrected chi connectivity index (χ3v) is 3.54. The van der Waals surface area contributed by atoms with Gasteiger partial charge in [-0.3, -0.25) is 10.1 Å². The van der Waals surface area contributed by atoms with Gasteiger partial charge in [0.2, 0.25) is 5.82 Å². The van der Waals surface area contributed by atoms with Crippen molar-refractivity contribution in [2.45, 2.75) is 13.3 Å². The van der Waals surface area contributed by atoms with Gasteiger partial charge in [-0.2, -0.15) is 4.98 Å². The molecule has 20 heavy (non-hydrogen) atoms. The number of nitrogens with one attached hydrogen (secondary N) is 1. The van der Waals surface area contributed by atoms with Gasteiger partial charge in [0, 0.05) is 13.1 Å². The van der Waals surface area contributed by atoms with E-state index in [2.05, 4.69) is 27.1 Å². The highest BCUT2D eigenvalue weighted by molar-refractivity contribution is 5.61. The molecule has 0 saturated carbocycles. The maximum Gasteiger partial charge on any atom is 0.372 e. The Hall–Kier alpha value is -1.96. The lowest BCUT2D eigenvalue weighted by Crippen LogP contribution is -2.23. The summed E-state index contributed by atoms with van der Waals surface area (Å²) in [5, 5.41) is 14.1. The van der Waals surface area contributed by atoms with Crippen LogP contribution in [0.5, 0.6) is 5.88 Å². The Morgan fingerprint density at radius 2 is 2.40 bits per heavy atom. The molecule has 1 aromatic heterocycles. The standard InChI is InChI=1S/C12H19N5O3/c1-3-16-5-4-9(7-16)6-13-11-10(17(18)19)12(20-2)15-8-14-11/h8-9H,3-7H2,1-2H3,(H,13,14,15). The van der Waals surface area contributed by atoms with Crippen molar-refractivity contribution in [2.75, 3.05) is 38.6 Å². The van der Waals surface area contributed by atoms with E-state index >= 15 is 0 Å². The Morgan fingerprint density at radius 3 is 3.00 bits per heavy atom. The van der Waals surface area contributed by atoms with E-state index in [1.54, 1.807) is 0 Å². The van der Waals surface area contributed by atoms with E-state index in [-0.39, 0.29) is 17.4 Å². The van der Waals surface area contributed by atoms with Gasteiger partial charge in [-0.15, -0.1) is 0 Å². The molecule has 0 radical (unpaired) electrons. The topological polar surface area (TPSA) is 93.4 Å². The van der Waals surface area contributed by atoms with Gasteiger partial charge in [0.25, 0.3) is 5.88 Å². The zero-order chi connectivity index (χ0) is 14.5. The number of aromatic nitrogens is 2. The Bertz CT molecular complexity index is 482. The van der Waals surface area contributed by atoms with Crippen LogP contribution in [0.2, 0.25) is 0 Å². The molecule has 8 nitrogen and oxygen atoms in total. The highest BCUT2D eigenvalue weighted by Crippen LogP contribution is 2.30. The SMILES string of the molecule is CCN1CCC(CNc2ncnc(OC)c2[N+](=O)[O-])C1. The van der Waals surface area contributed by atoms with E-state index in [1.807, 2.05) is 0 Å². The first kappa shape index (κ1) is 14.4. The number of ether oxygens (including phenoxy) is 1. The average molecular weight is 281 g/mol. The fraction of sp³-hybridized carbons (Fsp3) is 0.667. The molecule has 1 aromatic rings. The van der Waals surface area contributed by atoms with Crippen LogP contribution in [0.15, 0.2) is 6.33 Å². The predicted octanol–water partition coefficient (Wildman–Crippen LogP) is 1.15. The molecular formula is C12H19N5O3. The van der Waals surface area contributed by atoms with Crippen molar-refractivity contribution >= 4 is 11.5 Å². The maximum absolute atomic E-state index is 11.1. The zero-order valence-electron chi connectivity index (χ0n) is 11.7. The molecule has 1 fully saturated rings. The summed E-state index contributed by atoms with van der Waals surface area (Å²) in [6.45, 7) is 5.93. The molecular weight excluding hydrogens is 262 g/mol. The molecule has 1 N–H and O–H groups in total. The molecule has 1 saturated heterocycles. The molecule has 2 rings (SSSR count). The largest absolute Gasteiger partial charge is 0.476 e. The normalized spacial score (nSPS) is 19.0. The molecule has 0 bridgehead atoms. The van der Waals surface area contributed by atoms with E-state index in [1.165, 1.54) is 13.4 Å². The van der Waals surface area contributed by atoms with E-state index in [0.29, 0.717) is 12.5 Å². The van der Waals surface area contributed by atoms with Gasteiger partial charge < -0.3 is 15.0 Å². The minimum atomic E-state index is -0.520. The van der Waals surface area contributed by atoms with Gasteiger partial charge in [-0.05, 0) is 25.4 Å². The molecule has 110 valence electrons. The van der Waals surface area contributed by atoms with Crippen LogP contribution >= 0.6 is 0 Å². The summed E-state index contributed by atoms with van der Waals surface area (Å²) >= 11 is 0. The maximum atomic E-state index is 11.1. The van der Waals surface area contributed by atoms with Crippen molar-refractivity contribution in [1.82, 2.24) is 14.9 Å². The summed E-state index contributed by atoms with van der Waals surface area (Å²) in [7, 11) is 1.36. The van der Waals surface area contributed by atoms with Crippen LogP contribution in [0, 0.1) is 16.0 Å². The van der Waals surface area contributed by atoms with E-state index in [0.717, 1.165) is 26.1 Å². The number of anilines is 1. The third-order valence-electron chi connectivity index (χ3n) is 3.54. The number of nitro groups is 1. The molecule has 8 heteroatoms. The number of nitrogens with zero attached hydrogens (tertiary/aromatic N) is 4. The van der Waals surface area contributed by atoms with Gasteiger partial charge in [0.15, 0.2) is 0 Å². The molecule has 1 aliphatic heterocycles. The van der Waals surface area contributed by atoms with E-state index in [4.69, 9.17) is 4.74 Å². The number of methoxy groups -OCH3 is 1. The van der Waals surface area contributed by atoms with Crippen LogP contribution in [-0.4, -0.2) is 53.1 Å². The van der Waals surface area contributed by atoms with Crippen LogP contribution in [0.3, 0.4) is 0 Å². The second-order valence-corrected chi connectivity index (χ2v) is 4.77. The third kappa shape index (κ3) is 3.13. The monoisotopic (exact) mass is 281 g/mol. The predicted molar refractivity (Wildman–Crippen MR) is 73.9 cm³/mol. The van der Waals surface area contributed by atoms with Gasteiger partial charge in [0.1, 0.15) is 6.33 Å². The van der Waals surface area contributed by atoms with Crippen LogP contribution in [-0.2, 0) is 0 Å². The molecule has 0 amide bonds. The quantitative estimate of drug-likeness (QED) is 0.617. The van der Waals surface area contributed by atoms with Crippen molar-refractivity contribution in [3.63, 3.8) is 0 Å². The number of likely N-dealkylation sites (tertiary alicyclic amines) is 1. The molecule has 0 spiro atoms. The van der Waals surface area contributed by atoms with Crippen molar-refractivity contribution in [3.05, 3.63) is 16.4 Å². The number of hydrogen-bond acceptors (Lipinski definition) is 7. The second kappa shape index (κ2) is 6.47. The number of rotatable bonds is 6. The average Bonchev–Trinajstić information content (AvgIpc) is 2.92. The summed E-state index contributed by atoms with van der Waals surface area (Å²) in [5.41, 5.74) is -0.208. The smallest absolute Gasteiger partial charge is 0.372 e. The first-order valence-corrected chi connectivity index (χ1v) is 6.65. The summed E-state index contributed by atoms with van der Waals surface area (Å²) in [4.78, 5) is 20.6. The van der Waals surface area contributed by atoms with Gasteiger partial charge in [0.05, 0.1) is 12.0 Å². The zero-order valence-corrected chi connectivity index (χ0v) is 11.7. The van der Waals surface area contributed by atoms with Gasteiger partial charge in [-0.1, -0.05) is 6.92 Å². The fourth-order valence-electron chi connectivity index (χ4n) is 2.41. The summed E-state index contributed by atoms with van der Waals surface area (Å²) in [6, 6.07) is 0. The first-order valence-electron chi connectivity index (χ1n) is 6.65. The van der Waals surface area contributed by atoms with Crippen molar-refractivity contribution in [1.29, 1.82) is 0 Å². The van der Waals surface area contributed by atoms with Crippen LogP contribution < -0.4 is 10.1 Å². The van der Waals surface area contributed by atoms with Crippen LogP contribution in [0.4, 0.5) is 11.5 Å². The van der Waals surface area contributed by atoms with Gasteiger partial charge >= 0.3 is 5.69 Å². The Kier molecular flexibility index (Phi) is 4.67. The lowest BCUT2D eigenvalue weighted by atomic mass is 10.1. The molecule has 0 aromatic carbocycles. The van der Waals surface area contributed by atoms with Crippen LogP contribution in [0.1, 0.15) is 13.3 Å². The Balaban J connectivity index is 2.04. The lowest BCUT2D eigenvalue weighted by Gasteiger charge is -2.14. The molecule has 2 heterocycles. The molecule has 1 unspecified atom stereocenters. The Morgan fingerprint density at radius 1 is 1.60 bits per heavy atom. The molecule has 1 atom stereocenters. The van der Waals surface area contributed by atoms with Crippen molar-refractivity contribution in [3.8, 4) is 5.88 Å². The first-order chi connectivity index (χ1) is 9.65. The van der Waals surface area contributed by atoms with Crippen molar-refractivity contribution in [2.24, 2.45) is 5.92 Å². The minimum absolute atomic E-state index is 0.0193. The second-order valence-electron chi connectivity index (χ2n) is 4.77. The van der Waals surface area contributed by atoms with E-state index in [9.17, 15) is 10.1 Å². The minimum Gasteiger partial charge on any atom is -0.476 e. The molecule has 1 aliphatic rings. The lowest BCUT2D eigenvalue weighted by molar-refractivity contribution is -0.385. The Labute approximate surface area is 117 Å². The molecule has 0 aliphatic carbocycles. The highest BCUT2D eigenvalue weighted by atomic mass is 16.6. The summed E-state index contributed by atoms with van der Waals surface area (Å²) in [6.07, 6.45) is 2.36. The van der Waals surface area contributed by atoms with E-state index < -0.39 is 4.92 Å². The highest BCUT2D eigenvalue weighted by Gasteiger charge is 2.26.